The summed E-state index contributed by atoms with van der Waals surface area (Å²) in [4.78, 5) is 12.0. The molecule has 4 heteroatoms. The lowest BCUT2D eigenvalue weighted by molar-refractivity contribution is -0.141. The molecule has 0 N–H and O–H groups in total. The Hall–Kier alpha value is -2.07. The molecule has 0 radical (unpaired) electrons. The molecule has 0 saturated carbocycles. The highest BCUT2D eigenvalue weighted by molar-refractivity contribution is 5.91. The van der Waals surface area contributed by atoms with Gasteiger partial charge in [0.15, 0.2) is 5.60 Å². The van der Waals surface area contributed by atoms with Crippen LogP contribution in [0.2, 0.25) is 0 Å². The van der Waals surface area contributed by atoms with Crippen LogP contribution in [0.15, 0.2) is 54.3 Å². The number of hydrogen-bond donors (Lipinski definition) is 0. The van der Waals surface area contributed by atoms with Crippen LogP contribution in [0.4, 0.5) is 0 Å². The number of hydrogen-bond acceptors (Lipinski definition) is 4. The maximum Gasteiger partial charge on any atom is 0.336 e. The summed E-state index contributed by atoms with van der Waals surface area (Å²) in [5.74, 6) is 0.247. The quantitative estimate of drug-likeness (QED) is 0.630. The molecule has 0 amide bonds. The molecular weight excluding hydrogens is 268 g/mol. The third kappa shape index (κ3) is 2.25. The van der Waals surface area contributed by atoms with Crippen molar-refractivity contribution in [2.75, 3.05) is 13.2 Å². The van der Waals surface area contributed by atoms with Crippen LogP contribution in [0, 0.1) is 0 Å². The van der Waals surface area contributed by atoms with Crippen molar-refractivity contribution >= 4 is 5.97 Å². The van der Waals surface area contributed by atoms with Crippen LogP contribution in [0.1, 0.15) is 25.0 Å². The summed E-state index contributed by atoms with van der Waals surface area (Å²) in [7, 11) is 0. The molecule has 2 aliphatic rings. The van der Waals surface area contributed by atoms with Crippen molar-refractivity contribution in [3.8, 4) is 0 Å². The van der Waals surface area contributed by atoms with E-state index in [0.29, 0.717) is 31.0 Å². The van der Waals surface area contributed by atoms with Crippen molar-refractivity contribution in [3.63, 3.8) is 0 Å². The first-order valence-electron chi connectivity index (χ1n) is 7.10. The smallest absolute Gasteiger partial charge is 0.336 e. The molecule has 21 heavy (non-hydrogen) atoms. The summed E-state index contributed by atoms with van der Waals surface area (Å²) < 4.78 is 16.9. The highest BCUT2D eigenvalue weighted by atomic mass is 16.6. The summed E-state index contributed by atoms with van der Waals surface area (Å²) in [5.41, 5.74) is 0.506. The van der Waals surface area contributed by atoms with Crippen molar-refractivity contribution < 1.29 is 19.0 Å². The van der Waals surface area contributed by atoms with E-state index >= 15 is 0 Å². The highest BCUT2D eigenvalue weighted by Crippen LogP contribution is 2.50. The standard InChI is InChI=1S/C17H18O4/c1-3-19-16(18)12(2)17-11-14(13-7-5-4-6-8-13)21-15(17)9-10-20-17/h4-9,14H,2-3,10-11H2,1H3. The fourth-order valence-electron chi connectivity index (χ4n) is 2.85. The summed E-state index contributed by atoms with van der Waals surface area (Å²) in [6.07, 6.45) is 2.28. The molecule has 0 aliphatic carbocycles. The lowest BCUT2D eigenvalue weighted by atomic mass is 9.88. The van der Waals surface area contributed by atoms with Gasteiger partial charge in [-0.15, -0.1) is 0 Å². The van der Waals surface area contributed by atoms with Crippen LogP contribution < -0.4 is 0 Å². The molecule has 2 atom stereocenters. The van der Waals surface area contributed by atoms with Crippen LogP contribution in [-0.2, 0) is 19.0 Å². The molecule has 1 aromatic carbocycles. The molecule has 110 valence electrons. The fraction of sp³-hybridized carbons (Fsp3) is 0.353. The van der Waals surface area contributed by atoms with Gasteiger partial charge in [0.2, 0.25) is 0 Å². The number of rotatable bonds is 4. The summed E-state index contributed by atoms with van der Waals surface area (Å²) in [6, 6.07) is 9.91. The van der Waals surface area contributed by atoms with Gasteiger partial charge >= 0.3 is 5.97 Å². The van der Waals surface area contributed by atoms with Gasteiger partial charge in [0.1, 0.15) is 11.9 Å². The average molecular weight is 286 g/mol. The van der Waals surface area contributed by atoms with E-state index in [1.807, 2.05) is 36.4 Å². The second-order valence-corrected chi connectivity index (χ2v) is 5.13. The molecule has 4 nitrogen and oxygen atoms in total. The minimum absolute atomic E-state index is 0.135. The van der Waals surface area contributed by atoms with E-state index in [1.165, 1.54) is 0 Å². The van der Waals surface area contributed by atoms with Gasteiger partial charge in [-0.25, -0.2) is 4.79 Å². The van der Waals surface area contributed by atoms with Crippen molar-refractivity contribution in [1.29, 1.82) is 0 Å². The lowest BCUT2D eigenvalue weighted by Crippen LogP contribution is -2.34. The van der Waals surface area contributed by atoms with E-state index in [9.17, 15) is 4.79 Å². The largest absolute Gasteiger partial charge is 0.487 e. The summed E-state index contributed by atoms with van der Waals surface area (Å²) in [5, 5.41) is 0. The average Bonchev–Trinajstić information content (AvgIpc) is 3.05. The molecule has 2 aliphatic heterocycles. The van der Waals surface area contributed by atoms with Crippen LogP contribution in [-0.4, -0.2) is 24.8 Å². The van der Waals surface area contributed by atoms with Crippen molar-refractivity contribution in [2.24, 2.45) is 0 Å². The molecule has 1 fully saturated rings. The first-order valence-corrected chi connectivity index (χ1v) is 7.10. The Kier molecular flexibility index (Phi) is 3.55. The second-order valence-electron chi connectivity index (χ2n) is 5.13. The maximum absolute atomic E-state index is 12.0. The minimum Gasteiger partial charge on any atom is -0.487 e. The Morgan fingerprint density at radius 1 is 1.43 bits per heavy atom. The number of benzene rings is 1. The van der Waals surface area contributed by atoms with Crippen LogP contribution in [0.5, 0.6) is 0 Å². The van der Waals surface area contributed by atoms with Crippen LogP contribution in [0.3, 0.4) is 0 Å². The minimum atomic E-state index is -0.868. The third-order valence-electron chi connectivity index (χ3n) is 3.92. The zero-order chi connectivity index (χ0) is 14.9. The molecule has 1 saturated heterocycles. The number of carbonyl (C=O) groups is 1. The van der Waals surface area contributed by atoms with E-state index in [0.717, 1.165) is 5.56 Å². The molecule has 0 spiro atoms. The van der Waals surface area contributed by atoms with Gasteiger partial charge in [-0.2, -0.15) is 0 Å². The van der Waals surface area contributed by atoms with Crippen molar-refractivity contribution in [1.82, 2.24) is 0 Å². The van der Waals surface area contributed by atoms with E-state index in [4.69, 9.17) is 14.2 Å². The van der Waals surface area contributed by atoms with E-state index < -0.39 is 11.6 Å². The number of ether oxygens (including phenoxy) is 3. The monoisotopic (exact) mass is 286 g/mol. The Bertz CT molecular complexity index is 590. The molecule has 1 aromatic rings. The maximum atomic E-state index is 12.0. The van der Waals surface area contributed by atoms with Gasteiger partial charge in [0.25, 0.3) is 0 Å². The number of fused-ring (bicyclic) bond motifs is 1. The molecule has 0 aromatic heterocycles. The molecule has 0 bridgehead atoms. The van der Waals surface area contributed by atoms with Crippen LogP contribution >= 0.6 is 0 Å². The number of carbonyl (C=O) groups excluding carboxylic acids is 1. The Morgan fingerprint density at radius 3 is 2.90 bits per heavy atom. The molecule has 2 unspecified atom stereocenters. The normalized spacial score (nSPS) is 26.7. The fourth-order valence-corrected chi connectivity index (χ4v) is 2.85. The Balaban J connectivity index is 1.87. The van der Waals surface area contributed by atoms with Crippen LogP contribution in [0.25, 0.3) is 0 Å². The topological polar surface area (TPSA) is 44.8 Å². The summed E-state index contributed by atoms with van der Waals surface area (Å²) >= 11 is 0. The van der Waals surface area contributed by atoms with E-state index in [1.54, 1.807) is 6.92 Å². The lowest BCUT2D eigenvalue weighted by Gasteiger charge is -2.25. The van der Waals surface area contributed by atoms with E-state index in [-0.39, 0.29) is 6.10 Å². The van der Waals surface area contributed by atoms with Crippen molar-refractivity contribution in [3.05, 3.63) is 59.9 Å². The Labute approximate surface area is 124 Å². The highest BCUT2D eigenvalue weighted by Gasteiger charge is 2.53. The predicted molar refractivity (Wildman–Crippen MR) is 77.4 cm³/mol. The van der Waals surface area contributed by atoms with Gasteiger partial charge in [0, 0.05) is 6.42 Å². The Morgan fingerprint density at radius 2 is 2.19 bits per heavy atom. The first-order chi connectivity index (χ1) is 10.2. The SMILES string of the molecule is C=C(C(=O)OCC)C12CC(c3ccccc3)OC1=CCO2. The summed E-state index contributed by atoms with van der Waals surface area (Å²) in [6.45, 7) is 6.41. The second kappa shape index (κ2) is 5.37. The molecule has 3 rings (SSSR count). The van der Waals surface area contributed by atoms with Gasteiger partial charge in [0.05, 0.1) is 18.8 Å². The number of esters is 1. The first kappa shape index (κ1) is 13.9. The molecular formula is C17H18O4. The van der Waals surface area contributed by atoms with Gasteiger partial charge in [-0.05, 0) is 18.6 Å². The molecule has 2 heterocycles. The predicted octanol–water partition coefficient (Wildman–Crippen LogP) is 2.92. The van der Waals surface area contributed by atoms with Gasteiger partial charge < -0.3 is 14.2 Å². The zero-order valence-corrected chi connectivity index (χ0v) is 12.0. The zero-order valence-electron chi connectivity index (χ0n) is 12.0. The third-order valence-corrected chi connectivity index (χ3v) is 3.92. The van der Waals surface area contributed by atoms with Crippen molar-refractivity contribution in [2.45, 2.75) is 25.0 Å². The van der Waals surface area contributed by atoms with Gasteiger partial charge in [-0.1, -0.05) is 36.9 Å². The van der Waals surface area contributed by atoms with E-state index in [2.05, 4.69) is 6.58 Å². The van der Waals surface area contributed by atoms with Gasteiger partial charge in [-0.3, -0.25) is 0 Å².